The molecule has 0 aliphatic rings. The van der Waals surface area contributed by atoms with E-state index in [1.165, 1.54) is 34.2 Å². The van der Waals surface area contributed by atoms with Crippen LogP contribution in [0.15, 0.2) is 76.4 Å². The number of nitrogens with zero attached hydrogens (tertiary/aromatic N) is 2. The van der Waals surface area contributed by atoms with Gasteiger partial charge >= 0.3 is 0 Å². The molecular weight excluding hydrogens is 363 g/mol. The molecule has 0 saturated carbocycles. The summed E-state index contributed by atoms with van der Waals surface area (Å²) in [5.74, 6) is 0.771. The number of aromatic nitrogens is 2. The number of rotatable bonds is 6. The summed E-state index contributed by atoms with van der Waals surface area (Å²) in [6, 6.07) is 20.7. The van der Waals surface area contributed by atoms with E-state index in [4.69, 9.17) is 9.15 Å². The maximum Gasteiger partial charge on any atom is 0.277 e. The third-order valence-electron chi connectivity index (χ3n) is 4.14. The maximum absolute atomic E-state index is 13.7. The van der Waals surface area contributed by atoms with Crippen molar-refractivity contribution in [2.75, 3.05) is 0 Å². The number of fused-ring (bicyclic) bond motifs is 1. The minimum absolute atomic E-state index is 0.160. The molecule has 0 aliphatic carbocycles. The molecule has 0 spiro atoms. The van der Waals surface area contributed by atoms with Crippen molar-refractivity contribution in [1.29, 1.82) is 0 Å². The molecule has 0 fully saturated rings. The molecule has 27 heavy (non-hydrogen) atoms. The van der Waals surface area contributed by atoms with Gasteiger partial charge in [0.2, 0.25) is 0 Å². The van der Waals surface area contributed by atoms with Gasteiger partial charge in [-0.1, -0.05) is 66.4 Å². The first-order chi connectivity index (χ1) is 13.2. The molecule has 1 aromatic heterocycles. The number of hydrogen-bond acceptors (Lipinski definition) is 5. The third-order valence-corrected chi connectivity index (χ3v) is 5.01. The van der Waals surface area contributed by atoms with Crippen LogP contribution in [-0.4, -0.2) is 10.2 Å². The van der Waals surface area contributed by atoms with E-state index in [0.29, 0.717) is 16.9 Å². The monoisotopic (exact) mass is 380 g/mol. The lowest BCUT2D eigenvalue weighted by Crippen LogP contribution is -2.04. The fourth-order valence-electron chi connectivity index (χ4n) is 2.78. The Morgan fingerprint density at radius 2 is 1.78 bits per heavy atom. The second-order valence-corrected chi connectivity index (χ2v) is 6.95. The van der Waals surface area contributed by atoms with Crippen LogP contribution in [0.25, 0.3) is 10.8 Å². The number of halogens is 1. The first-order valence-corrected chi connectivity index (χ1v) is 9.53. The van der Waals surface area contributed by atoms with Gasteiger partial charge in [-0.3, -0.25) is 0 Å². The molecule has 0 amide bonds. The standard InChI is InChI=1S/C21H17FN2O2S/c1-14(25-19-12-5-4-11-18(19)22)20-23-24-21(26-20)27-13-16-9-6-8-15-7-2-3-10-17(15)16/h2-12,14H,13H2,1H3/t14-/m0/s1. The molecule has 0 saturated heterocycles. The molecule has 0 unspecified atom stereocenters. The summed E-state index contributed by atoms with van der Waals surface area (Å²) in [6.45, 7) is 1.75. The van der Waals surface area contributed by atoms with Crippen LogP contribution in [0.1, 0.15) is 24.5 Å². The van der Waals surface area contributed by atoms with Gasteiger partial charge in [0.25, 0.3) is 11.1 Å². The van der Waals surface area contributed by atoms with Gasteiger partial charge in [-0.25, -0.2) is 4.39 Å². The summed E-state index contributed by atoms with van der Waals surface area (Å²) in [5.41, 5.74) is 1.20. The highest BCUT2D eigenvalue weighted by molar-refractivity contribution is 7.98. The van der Waals surface area contributed by atoms with Crippen molar-refractivity contribution in [3.8, 4) is 5.75 Å². The Balaban J connectivity index is 1.44. The SMILES string of the molecule is C[C@H](Oc1ccccc1F)c1nnc(SCc2cccc3ccccc23)o1. The lowest BCUT2D eigenvalue weighted by molar-refractivity contribution is 0.174. The molecule has 4 aromatic rings. The highest BCUT2D eigenvalue weighted by Gasteiger charge is 2.17. The highest BCUT2D eigenvalue weighted by Crippen LogP contribution is 2.29. The molecule has 1 atom stereocenters. The Morgan fingerprint density at radius 3 is 2.67 bits per heavy atom. The average Bonchev–Trinajstić information content (AvgIpc) is 3.17. The maximum atomic E-state index is 13.7. The molecule has 0 N–H and O–H groups in total. The molecule has 3 aromatic carbocycles. The Bertz CT molecular complexity index is 1060. The predicted molar refractivity (Wildman–Crippen MR) is 103 cm³/mol. The second kappa shape index (κ2) is 7.80. The average molecular weight is 380 g/mol. The van der Waals surface area contributed by atoms with E-state index < -0.39 is 11.9 Å². The molecule has 1 heterocycles. The Labute approximate surface area is 160 Å². The van der Waals surface area contributed by atoms with E-state index in [1.807, 2.05) is 18.2 Å². The van der Waals surface area contributed by atoms with Crippen LogP contribution in [0, 0.1) is 5.82 Å². The van der Waals surface area contributed by atoms with Gasteiger partial charge in [-0.2, -0.15) is 0 Å². The molecule has 0 radical (unpaired) electrons. The van der Waals surface area contributed by atoms with Gasteiger partial charge < -0.3 is 9.15 Å². The molecule has 0 bridgehead atoms. The zero-order valence-electron chi connectivity index (χ0n) is 14.6. The number of benzene rings is 3. The van der Waals surface area contributed by atoms with Gasteiger partial charge in [0.1, 0.15) is 0 Å². The second-order valence-electron chi connectivity index (χ2n) is 6.02. The van der Waals surface area contributed by atoms with E-state index in [9.17, 15) is 4.39 Å². The van der Waals surface area contributed by atoms with Crippen LogP contribution in [0.4, 0.5) is 4.39 Å². The first-order valence-electron chi connectivity index (χ1n) is 8.55. The van der Waals surface area contributed by atoms with E-state index in [2.05, 4.69) is 34.5 Å². The van der Waals surface area contributed by atoms with Gasteiger partial charge in [-0.15, -0.1) is 10.2 Å². The number of hydrogen-bond donors (Lipinski definition) is 0. The molecular formula is C21H17FN2O2S. The van der Waals surface area contributed by atoms with E-state index >= 15 is 0 Å². The number of para-hydroxylation sites is 1. The van der Waals surface area contributed by atoms with Gasteiger partial charge in [-0.05, 0) is 35.4 Å². The Kier molecular flexibility index (Phi) is 5.07. The van der Waals surface area contributed by atoms with Gasteiger partial charge in [0.05, 0.1) is 0 Å². The molecule has 0 aliphatic heterocycles. The van der Waals surface area contributed by atoms with Crippen molar-refractivity contribution in [2.45, 2.75) is 24.0 Å². The van der Waals surface area contributed by atoms with E-state index in [1.54, 1.807) is 25.1 Å². The molecule has 4 nitrogen and oxygen atoms in total. The minimum Gasteiger partial charge on any atom is -0.478 e. The van der Waals surface area contributed by atoms with Crippen molar-refractivity contribution < 1.29 is 13.5 Å². The quantitative estimate of drug-likeness (QED) is 0.396. The van der Waals surface area contributed by atoms with E-state index in [-0.39, 0.29) is 5.75 Å². The van der Waals surface area contributed by atoms with Crippen molar-refractivity contribution in [3.63, 3.8) is 0 Å². The summed E-state index contributed by atoms with van der Waals surface area (Å²) in [6.07, 6.45) is -0.540. The largest absolute Gasteiger partial charge is 0.478 e. The van der Waals surface area contributed by atoms with Crippen LogP contribution >= 0.6 is 11.8 Å². The summed E-state index contributed by atoms with van der Waals surface area (Å²) in [5, 5.41) is 11.0. The lowest BCUT2D eigenvalue weighted by atomic mass is 10.1. The molecule has 6 heteroatoms. The minimum atomic E-state index is -0.540. The van der Waals surface area contributed by atoms with Crippen LogP contribution < -0.4 is 4.74 Å². The van der Waals surface area contributed by atoms with Gasteiger partial charge in [0.15, 0.2) is 17.7 Å². The summed E-state index contributed by atoms with van der Waals surface area (Å²) >= 11 is 1.47. The molecule has 4 rings (SSSR count). The van der Waals surface area contributed by atoms with Crippen molar-refractivity contribution >= 4 is 22.5 Å². The zero-order chi connectivity index (χ0) is 18.6. The number of thioether (sulfide) groups is 1. The lowest BCUT2D eigenvalue weighted by Gasteiger charge is -2.11. The van der Waals surface area contributed by atoms with Crippen molar-refractivity contribution in [1.82, 2.24) is 10.2 Å². The van der Waals surface area contributed by atoms with Crippen LogP contribution in [-0.2, 0) is 5.75 Å². The number of ether oxygens (including phenoxy) is 1. The van der Waals surface area contributed by atoms with Gasteiger partial charge in [0, 0.05) is 5.75 Å². The normalized spacial score (nSPS) is 12.2. The topological polar surface area (TPSA) is 48.2 Å². The van der Waals surface area contributed by atoms with Crippen LogP contribution in [0.5, 0.6) is 5.75 Å². The van der Waals surface area contributed by atoms with Crippen molar-refractivity contribution in [3.05, 3.63) is 84.0 Å². The fourth-order valence-corrected chi connectivity index (χ4v) is 3.56. The molecule has 136 valence electrons. The Hall–Kier alpha value is -2.86. The summed E-state index contributed by atoms with van der Waals surface area (Å²) < 4.78 is 25.0. The fraction of sp³-hybridized carbons (Fsp3) is 0.143. The van der Waals surface area contributed by atoms with Crippen LogP contribution in [0.3, 0.4) is 0 Å². The van der Waals surface area contributed by atoms with Crippen LogP contribution in [0.2, 0.25) is 0 Å². The zero-order valence-corrected chi connectivity index (χ0v) is 15.4. The van der Waals surface area contributed by atoms with E-state index in [0.717, 1.165) is 0 Å². The smallest absolute Gasteiger partial charge is 0.277 e. The first kappa shape index (κ1) is 17.5. The third kappa shape index (κ3) is 3.95. The summed E-state index contributed by atoms with van der Waals surface area (Å²) in [4.78, 5) is 0. The predicted octanol–water partition coefficient (Wildman–Crippen LogP) is 5.79. The highest BCUT2D eigenvalue weighted by atomic mass is 32.2. The van der Waals surface area contributed by atoms with Crippen molar-refractivity contribution in [2.24, 2.45) is 0 Å². The summed E-state index contributed by atoms with van der Waals surface area (Å²) in [7, 11) is 0. The Morgan fingerprint density at radius 1 is 1.00 bits per heavy atom.